The van der Waals surface area contributed by atoms with Crippen molar-refractivity contribution in [1.82, 2.24) is 9.91 Å². The molecule has 0 saturated carbocycles. The zero-order valence-corrected chi connectivity index (χ0v) is 21.3. The second kappa shape index (κ2) is 12.4. The summed E-state index contributed by atoms with van der Waals surface area (Å²) in [5.41, 5.74) is 3.41. The molecule has 0 aliphatic carbocycles. The van der Waals surface area contributed by atoms with Gasteiger partial charge in [0.25, 0.3) is 0 Å². The van der Waals surface area contributed by atoms with Crippen LogP contribution in [0.2, 0.25) is 0 Å². The minimum atomic E-state index is -0.0396. The van der Waals surface area contributed by atoms with E-state index in [1.54, 1.807) is 7.11 Å². The average Bonchev–Trinajstić information content (AvgIpc) is 2.84. The summed E-state index contributed by atoms with van der Waals surface area (Å²) in [4.78, 5) is 26.9. The molecule has 3 rings (SSSR count). The second-order valence-electron chi connectivity index (χ2n) is 8.74. The first kappa shape index (κ1) is 26.2. The van der Waals surface area contributed by atoms with Crippen molar-refractivity contribution in [1.29, 1.82) is 0 Å². The predicted octanol–water partition coefficient (Wildman–Crippen LogP) is 4.29. The van der Waals surface area contributed by atoms with Gasteiger partial charge in [0.15, 0.2) is 11.5 Å². The van der Waals surface area contributed by atoms with Crippen LogP contribution in [0.25, 0.3) is 0 Å². The Morgan fingerprint density at radius 1 is 1.09 bits per heavy atom. The number of carbonyl (C=O) groups is 2. The summed E-state index contributed by atoms with van der Waals surface area (Å²) in [6.45, 7) is 10.4. The Kier molecular flexibility index (Phi) is 9.25. The van der Waals surface area contributed by atoms with E-state index in [9.17, 15) is 9.59 Å². The zero-order chi connectivity index (χ0) is 25.4. The van der Waals surface area contributed by atoms with Crippen molar-refractivity contribution < 1.29 is 19.1 Å². The van der Waals surface area contributed by atoms with E-state index in [2.05, 4.69) is 15.3 Å². The molecule has 0 atom stereocenters. The van der Waals surface area contributed by atoms with Crippen LogP contribution in [-0.2, 0) is 16.1 Å². The summed E-state index contributed by atoms with van der Waals surface area (Å²) in [5, 5.41) is 9.10. The average molecular weight is 481 g/mol. The van der Waals surface area contributed by atoms with Crippen LogP contribution in [0.15, 0.2) is 47.6 Å². The number of nitrogens with one attached hydrogen (secondary N) is 1. The van der Waals surface area contributed by atoms with Crippen molar-refractivity contribution >= 4 is 23.2 Å². The van der Waals surface area contributed by atoms with Gasteiger partial charge in [-0.1, -0.05) is 26.0 Å². The molecule has 35 heavy (non-hydrogen) atoms. The van der Waals surface area contributed by atoms with E-state index >= 15 is 0 Å². The molecule has 0 unspecified atom stereocenters. The fourth-order valence-corrected chi connectivity index (χ4v) is 3.85. The molecule has 0 radical (unpaired) electrons. The lowest BCUT2D eigenvalue weighted by atomic mass is 10.0. The van der Waals surface area contributed by atoms with Crippen molar-refractivity contribution in [3.05, 3.63) is 53.6 Å². The Morgan fingerprint density at radius 2 is 1.80 bits per heavy atom. The largest absolute Gasteiger partial charge is 0.493 e. The molecule has 0 aromatic heterocycles. The van der Waals surface area contributed by atoms with E-state index < -0.39 is 0 Å². The highest BCUT2D eigenvalue weighted by Crippen LogP contribution is 2.30. The zero-order valence-electron chi connectivity index (χ0n) is 21.3. The minimum absolute atomic E-state index is 0.00972. The van der Waals surface area contributed by atoms with Gasteiger partial charge in [-0.15, -0.1) is 0 Å². The van der Waals surface area contributed by atoms with Gasteiger partial charge in [0.2, 0.25) is 11.8 Å². The Hall–Kier alpha value is -3.39. The molecule has 1 aliphatic heterocycles. The molecule has 0 spiro atoms. The highest BCUT2D eigenvalue weighted by atomic mass is 16.5. The SMILES string of the molecule is CCN(CC)CC(=O)Nc1ccc(CN2N=C(c3ccc(OC)c(OC(C)C)c3)CCC2=O)cc1. The number of hydrazone groups is 1. The quantitative estimate of drug-likeness (QED) is 0.519. The van der Waals surface area contributed by atoms with Crippen LogP contribution >= 0.6 is 0 Å². The van der Waals surface area contributed by atoms with Crippen LogP contribution in [0, 0.1) is 0 Å². The predicted molar refractivity (Wildman–Crippen MR) is 138 cm³/mol. The Morgan fingerprint density at radius 3 is 2.43 bits per heavy atom. The summed E-state index contributed by atoms with van der Waals surface area (Å²) >= 11 is 0. The van der Waals surface area contributed by atoms with Gasteiger partial charge >= 0.3 is 0 Å². The van der Waals surface area contributed by atoms with Gasteiger partial charge in [-0.25, -0.2) is 5.01 Å². The smallest absolute Gasteiger partial charge is 0.243 e. The summed E-state index contributed by atoms with van der Waals surface area (Å²) < 4.78 is 11.3. The van der Waals surface area contributed by atoms with Crippen LogP contribution in [-0.4, -0.2) is 60.3 Å². The molecule has 0 saturated heterocycles. The Bertz CT molecular complexity index is 1050. The molecule has 2 amide bonds. The highest BCUT2D eigenvalue weighted by Gasteiger charge is 2.22. The van der Waals surface area contributed by atoms with E-state index in [4.69, 9.17) is 9.47 Å². The van der Waals surface area contributed by atoms with Crippen molar-refractivity contribution in [3.8, 4) is 11.5 Å². The van der Waals surface area contributed by atoms with E-state index in [1.807, 2.05) is 70.2 Å². The van der Waals surface area contributed by atoms with Gasteiger partial charge in [0.1, 0.15) is 0 Å². The second-order valence-corrected chi connectivity index (χ2v) is 8.74. The van der Waals surface area contributed by atoms with Crippen LogP contribution in [0.5, 0.6) is 11.5 Å². The summed E-state index contributed by atoms with van der Waals surface area (Å²) in [6, 6.07) is 13.2. The summed E-state index contributed by atoms with van der Waals surface area (Å²) in [7, 11) is 1.61. The molecular formula is C27H36N4O4. The van der Waals surface area contributed by atoms with Crippen LogP contribution in [0.3, 0.4) is 0 Å². The van der Waals surface area contributed by atoms with E-state index in [1.165, 1.54) is 5.01 Å². The van der Waals surface area contributed by atoms with Crippen molar-refractivity contribution in [2.24, 2.45) is 5.10 Å². The molecule has 0 bridgehead atoms. The molecule has 2 aromatic carbocycles. The van der Waals surface area contributed by atoms with Crippen LogP contribution in [0.1, 0.15) is 51.7 Å². The fraction of sp³-hybridized carbons (Fsp3) is 0.444. The summed E-state index contributed by atoms with van der Waals surface area (Å²) in [5.74, 6) is 1.26. The molecule has 1 N–H and O–H groups in total. The topological polar surface area (TPSA) is 83.5 Å². The number of methoxy groups -OCH3 is 1. The number of ether oxygens (including phenoxy) is 2. The van der Waals surface area contributed by atoms with E-state index in [0.717, 1.165) is 35.6 Å². The first-order valence-electron chi connectivity index (χ1n) is 12.2. The lowest BCUT2D eigenvalue weighted by Gasteiger charge is -2.24. The van der Waals surface area contributed by atoms with Gasteiger partial charge in [0.05, 0.1) is 32.0 Å². The number of benzene rings is 2. The molecule has 1 heterocycles. The first-order chi connectivity index (χ1) is 16.8. The maximum Gasteiger partial charge on any atom is 0.243 e. The molecule has 188 valence electrons. The monoisotopic (exact) mass is 480 g/mol. The minimum Gasteiger partial charge on any atom is -0.493 e. The van der Waals surface area contributed by atoms with Crippen molar-refractivity contribution in [2.45, 2.75) is 53.2 Å². The summed E-state index contributed by atoms with van der Waals surface area (Å²) in [6.07, 6.45) is 0.973. The first-order valence-corrected chi connectivity index (χ1v) is 12.2. The van der Waals surface area contributed by atoms with Crippen LogP contribution < -0.4 is 14.8 Å². The van der Waals surface area contributed by atoms with Gasteiger partial charge in [0, 0.05) is 24.1 Å². The Balaban J connectivity index is 1.70. The van der Waals surface area contributed by atoms with Gasteiger partial charge in [-0.2, -0.15) is 5.10 Å². The number of likely N-dealkylation sites (N-methyl/N-ethyl adjacent to an activating group) is 1. The lowest BCUT2D eigenvalue weighted by molar-refractivity contribution is -0.132. The number of hydrogen-bond donors (Lipinski definition) is 1. The van der Waals surface area contributed by atoms with E-state index in [0.29, 0.717) is 37.4 Å². The van der Waals surface area contributed by atoms with Gasteiger partial charge < -0.3 is 14.8 Å². The van der Waals surface area contributed by atoms with Crippen molar-refractivity contribution in [3.63, 3.8) is 0 Å². The van der Waals surface area contributed by atoms with Crippen LogP contribution in [0.4, 0.5) is 5.69 Å². The third-order valence-corrected chi connectivity index (χ3v) is 5.80. The molecule has 8 heteroatoms. The molecule has 0 fully saturated rings. The number of nitrogens with zero attached hydrogens (tertiary/aromatic N) is 3. The molecule has 8 nitrogen and oxygen atoms in total. The molecule has 2 aromatic rings. The van der Waals surface area contributed by atoms with Crippen molar-refractivity contribution in [2.75, 3.05) is 32.1 Å². The third kappa shape index (κ3) is 7.29. The third-order valence-electron chi connectivity index (χ3n) is 5.80. The standard InChI is InChI=1S/C27H36N4O4/c1-6-30(7-2)18-26(32)28-22-11-8-20(9-12-22)17-31-27(33)15-13-23(29-31)21-10-14-24(34-5)25(16-21)35-19(3)4/h8-12,14,16,19H,6-7,13,15,17-18H2,1-5H3,(H,28,32). The highest BCUT2D eigenvalue weighted by molar-refractivity contribution is 6.04. The maximum atomic E-state index is 12.6. The maximum absolute atomic E-state index is 12.6. The normalized spacial score (nSPS) is 13.7. The lowest BCUT2D eigenvalue weighted by Crippen LogP contribution is -2.33. The number of rotatable bonds is 11. The molecule has 1 aliphatic rings. The van der Waals surface area contributed by atoms with Gasteiger partial charge in [-0.3, -0.25) is 14.5 Å². The number of amides is 2. The van der Waals surface area contributed by atoms with Gasteiger partial charge in [-0.05, 0) is 62.8 Å². The fourth-order valence-electron chi connectivity index (χ4n) is 3.85. The van der Waals surface area contributed by atoms with E-state index in [-0.39, 0.29) is 17.9 Å². The number of hydrogen-bond acceptors (Lipinski definition) is 6. The number of carbonyl (C=O) groups excluding carboxylic acids is 2. The molecular weight excluding hydrogens is 444 g/mol. The Labute approximate surface area is 207 Å². The number of anilines is 1.